The van der Waals surface area contributed by atoms with Gasteiger partial charge in [-0.1, -0.05) is 40.2 Å². The second-order valence-corrected chi connectivity index (χ2v) is 9.67. The number of benzene rings is 3. The van der Waals surface area contributed by atoms with Crippen molar-refractivity contribution in [3.8, 4) is 11.5 Å². The summed E-state index contributed by atoms with van der Waals surface area (Å²) in [5.41, 5.74) is 0.865. The third-order valence-corrected chi connectivity index (χ3v) is 6.46. The van der Waals surface area contributed by atoms with E-state index in [-0.39, 0.29) is 11.3 Å². The van der Waals surface area contributed by atoms with E-state index in [1.54, 1.807) is 12.1 Å². The first-order valence-corrected chi connectivity index (χ1v) is 12.6. The van der Waals surface area contributed by atoms with E-state index >= 15 is 0 Å². The monoisotopic (exact) mass is 664 g/mol. The van der Waals surface area contributed by atoms with E-state index in [2.05, 4.69) is 43.8 Å². The summed E-state index contributed by atoms with van der Waals surface area (Å²) in [6.07, 6.45) is 1.33. The molecule has 0 aliphatic carbocycles. The highest BCUT2D eigenvalue weighted by Crippen LogP contribution is 2.36. The van der Waals surface area contributed by atoms with Gasteiger partial charge in [-0.3, -0.25) is 14.9 Å². The lowest BCUT2D eigenvalue weighted by Gasteiger charge is -2.26. The number of rotatable bonds is 7. The largest absolute Gasteiger partial charge is 0.490 e. The van der Waals surface area contributed by atoms with Gasteiger partial charge >= 0.3 is 6.03 Å². The van der Waals surface area contributed by atoms with E-state index in [4.69, 9.17) is 9.47 Å². The Kier molecular flexibility index (Phi) is 8.04. The number of nitrogens with zero attached hydrogens (tertiary/aromatic N) is 1. The molecule has 3 aromatic rings. The van der Waals surface area contributed by atoms with Crippen LogP contribution in [0.4, 0.5) is 14.9 Å². The lowest BCUT2D eigenvalue weighted by atomic mass is 10.1. The number of halogens is 3. The smallest absolute Gasteiger partial charge is 0.336 e. The molecular weight excluding hydrogens is 646 g/mol. The third kappa shape index (κ3) is 5.59. The number of amides is 4. The molecule has 10 heteroatoms. The van der Waals surface area contributed by atoms with E-state index < -0.39 is 23.7 Å². The van der Waals surface area contributed by atoms with Gasteiger partial charge in [-0.15, -0.1) is 0 Å². The van der Waals surface area contributed by atoms with Gasteiger partial charge in [0.2, 0.25) is 0 Å². The van der Waals surface area contributed by atoms with Gasteiger partial charge in [-0.05, 0) is 83.1 Å². The van der Waals surface area contributed by atoms with E-state index in [0.717, 1.165) is 16.1 Å². The molecule has 1 saturated heterocycles. The number of anilines is 1. The molecule has 184 valence electrons. The summed E-state index contributed by atoms with van der Waals surface area (Å²) in [5.74, 6) is -1.63. The molecule has 0 aromatic heterocycles. The lowest BCUT2D eigenvalue weighted by molar-refractivity contribution is -0.122. The van der Waals surface area contributed by atoms with Crippen LogP contribution in [-0.2, 0) is 16.2 Å². The Hall–Kier alpha value is -3.25. The molecule has 0 bridgehead atoms. The van der Waals surface area contributed by atoms with E-state index in [0.29, 0.717) is 38.7 Å². The van der Waals surface area contributed by atoms with Crippen molar-refractivity contribution in [1.29, 1.82) is 0 Å². The minimum Gasteiger partial charge on any atom is -0.490 e. The van der Waals surface area contributed by atoms with Crippen LogP contribution in [0.5, 0.6) is 11.5 Å². The first kappa shape index (κ1) is 25.8. The molecule has 0 atom stereocenters. The number of carbonyl (C=O) groups excluding carboxylic acids is 3. The van der Waals surface area contributed by atoms with E-state index in [1.807, 2.05) is 31.2 Å². The molecule has 1 aliphatic rings. The molecule has 7 nitrogen and oxygen atoms in total. The molecule has 0 radical (unpaired) electrons. The fraction of sp³-hybridized carbons (Fsp3) is 0.115. The van der Waals surface area contributed by atoms with Crippen molar-refractivity contribution < 1.29 is 28.2 Å². The maximum Gasteiger partial charge on any atom is 0.336 e. The number of imide groups is 2. The number of ether oxygens (including phenoxy) is 2. The highest BCUT2D eigenvalue weighted by molar-refractivity contribution is 14.1. The molecule has 1 heterocycles. The number of hydrogen-bond donors (Lipinski definition) is 1. The molecule has 0 unspecified atom stereocenters. The Morgan fingerprint density at radius 1 is 1.06 bits per heavy atom. The second-order valence-electron chi connectivity index (χ2n) is 7.59. The number of carbonyl (C=O) groups is 3. The molecule has 1 aliphatic heterocycles. The Morgan fingerprint density at radius 3 is 2.47 bits per heavy atom. The van der Waals surface area contributed by atoms with Crippen LogP contribution in [0, 0.1) is 9.39 Å². The first-order valence-electron chi connectivity index (χ1n) is 10.8. The van der Waals surface area contributed by atoms with E-state index in [1.165, 1.54) is 24.3 Å². The quantitative estimate of drug-likeness (QED) is 0.195. The van der Waals surface area contributed by atoms with Gasteiger partial charge in [0.15, 0.2) is 11.5 Å². The van der Waals surface area contributed by atoms with Gasteiger partial charge in [0.25, 0.3) is 11.8 Å². The van der Waals surface area contributed by atoms with Gasteiger partial charge in [0, 0.05) is 4.47 Å². The standard InChI is InChI=1S/C26H19BrFIN2O5/c1-2-35-22-13-16(12-20(29)23(22)36-14-15-7-9-17(27)10-8-15)11-18-24(32)30-26(34)31(25(18)33)21-6-4-3-5-19(21)28/h3-13H,2,14H2,1H3,(H,30,32,34)/b18-11-. The number of para-hydroxylation sites is 1. The Bertz CT molecular complexity index is 1380. The Labute approximate surface area is 228 Å². The van der Waals surface area contributed by atoms with Gasteiger partial charge in [0.05, 0.1) is 15.9 Å². The van der Waals surface area contributed by atoms with Crippen molar-refractivity contribution in [2.24, 2.45) is 0 Å². The maximum atomic E-state index is 14.3. The van der Waals surface area contributed by atoms with Crippen LogP contribution >= 0.6 is 38.5 Å². The lowest BCUT2D eigenvalue weighted by Crippen LogP contribution is -2.54. The van der Waals surface area contributed by atoms with Crippen LogP contribution in [0.2, 0.25) is 0 Å². The van der Waals surface area contributed by atoms with Crippen molar-refractivity contribution >= 4 is 68.1 Å². The maximum absolute atomic E-state index is 14.3. The van der Waals surface area contributed by atoms with Gasteiger partial charge in [-0.25, -0.2) is 14.1 Å². The average Bonchev–Trinajstić information content (AvgIpc) is 2.83. The fourth-order valence-corrected chi connectivity index (χ4v) is 4.53. The summed E-state index contributed by atoms with van der Waals surface area (Å²) in [6, 6.07) is 15.4. The van der Waals surface area contributed by atoms with Crippen LogP contribution in [0.15, 0.2) is 70.7 Å². The number of barbiturate groups is 1. The molecule has 36 heavy (non-hydrogen) atoms. The predicted octanol–water partition coefficient (Wildman–Crippen LogP) is 5.84. The highest BCUT2D eigenvalue weighted by atomic mass is 127. The van der Waals surface area contributed by atoms with Crippen LogP contribution in [-0.4, -0.2) is 24.5 Å². The number of hydrogen-bond acceptors (Lipinski definition) is 5. The summed E-state index contributed by atoms with van der Waals surface area (Å²) in [6.45, 7) is 2.50. The molecule has 1 N–H and O–H groups in total. The van der Waals surface area contributed by atoms with Crippen LogP contribution in [0.1, 0.15) is 18.1 Å². The minimum absolute atomic E-state index is 0.250. The molecular formula is C26H19BrFIN2O5. The molecule has 3 aromatic carbocycles. The SMILES string of the molecule is CCOc1cc(/C=C2/C(=O)NC(=O)N(c3ccccc3F)C2=O)cc(I)c1OCc1ccc(Br)cc1. The van der Waals surface area contributed by atoms with Crippen molar-refractivity contribution in [2.45, 2.75) is 13.5 Å². The normalized spacial score (nSPS) is 14.7. The fourth-order valence-electron chi connectivity index (χ4n) is 3.49. The Balaban J connectivity index is 1.66. The zero-order valence-electron chi connectivity index (χ0n) is 18.9. The van der Waals surface area contributed by atoms with Gasteiger partial charge in [0.1, 0.15) is 18.0 Å². The van der Waals surface area contributed by atoms with Crippen molar-refractivity contribution in [3.05, 3.63) is 91.2 Å². The second kappa shape index (κ2) is 11.2. The topological polar surface area (TPSA) is 84.9 Å². The zero-order chi connectivity index (χ0) is 25.8. The number of urea groups is 1. The van der Waals surface area contributed by atoms with Gasteiger partial charge < -0.3 is 9.47 Å². The summed E-state index contributed by atoms with van der Waals surface area (Å²) < 4.78 is 27.8. The highest BCUT2D eigenvalue weighted by Gasteiger charge is 2.38. The summed E-state index contributed by atoms with van der Waals surface area (Å²) in [4.78, 5) is 38.6. The van der Waals surface area contributed by atoms with Crippen LogP contribution in [0.3, 0.4) is 0 Å². The van der Waals surface area contributed by atoms with Crippen molar-refractivity contribution in [3.63, 3.8) is 0 Å². The molecule has 4 rings (SSSR count). The Morgan fingerprint density at radius 2 is 1.78 bits per heavy atom. The molecule has 1 fully saturated rings. The first-order chi connectivity index (χ1) is 17.3. The predicted molar refractivity (Wildman–Crippen MR) is 144 cm³/mol. The van der Waals surface area contributed by atoms with Crippen molar-refractivity contribution in [2.75, 3.05) is 11.5 Å². The van der Waals surface area contributed by atoms with Gasteiger partial charge in [-0.2, -0.15) is 0 Å². The molecule has 4 amide bonds. The van der Waals surface area contributed by atoms with Crippen LogP contribution < -0.4 is 19.7 Å². The third-order valence-electron chi connectivity index (χ3n) is 5.13. The summed E-state index contributed by atoms with van der Waals surface area (Å²) in [7, 11) is 0. The average molecular weight is 665 g/mol. The minimum atomic E-state index is -1.02. The summed E-state index contributed by atoms with van der Waals surface area (Å²) in [5, 5.41) is 2.10. The zero-order valence-corrected chi connectivity index (χ0v) is 22.6. The molecule has 0 spiro atoms. The van der Waals surface area contributed by atoms with Crippen LogP contribution in [0.25, 0.3) is 6.08 Å². The van der Waals surface area contributed by atoms with E-state index in [9.17, 15) is 18.8 Å². The van der Waals surface area contributed by atoms with Crippen molar-refractivity contribution in [1.82, 2.24) is 5.32 Å². The summed E-state index contributed by atoms with van der Waals surface area (Å²) >= 11 is 5.49. The number of nitrogens with one attached hydrogen (secondary N) is 1. The molecule has 0 saturated carbocycles.